The molecule has 17 heavy (non-hydrogen) atoms. The standard InChI is InChI=1S/C14H17NO2/c1-3-11(2)15-13(10-17-14(15)16)9-12-7-5-4-6-8-12/h3-8,13H,9-10H2,1-2H3/b11-3+/t13-/m0/s1. The number of ether oxygens (including phenoxy) is 1. The Bertz CT molecular complexity index is 425. The molecule has 1 aromatic carbocycles. The normalized spacial score (nSPS) is 20.6. The minimum absolute atomic E-state index is 0.112. The summed E-state index contributed by atoms with van der Waals surface area (Å²) in [5.74, 6) is 0. The van der Waals surface area contributed by atoms with Crippen LogP contribution in [0, 0.1) is 0 Å². The molecule has 90 valence electrons. The van der Waals surface area contributed by atoms with Crippen LogP contribution in [0.3, 0.4) is 0 Å². The summed E-state index contributed by atoms with van der Waals surface area (Å²) in [4.78, 5) is 13.4. The van der Waals surface area contributed by atoms with Gasteiger partial charge in [0.05, 0.1) is 6.04 Å². The smallest absolute Gasteiger partial charge is 0.414 e. The van der Waals surface area contributed by atoms with Gasteiger partial charge in [0.25, 0.3) is 0 Å². The van der Waals surface area contributed by atoms with Crippen LogP contribution < -0.4 is 0 Å². The van der Waals surface area contributed by atoms with Gasteiger partial charge >= 0.3 is 6.09 Å². The molecule has 1 aliphatic heterocycles. The first kappa shape index (κ1) is 11.7. The number of cyclic esters (lactones) is 1. The fourth-order valence-corrected chi connectivity index (χ4v) is 2.07. The molecule has 1 aromatic rings. The molecule has 1 aliphatic rings. The second kappa shape index (κ2) is 5.04. The predicted molar refractivity (Wildman–Crippen MR) is 66.6 cm³/mol. The Morgan fingerprint density at radius 2 is 2.18 bits per heavy atom. The molecule has 0 bridgehead atoms. The van der Waals surface area contributed by atoms with Gasteiger partial charge in [0.1, 0.15) is 6.61 Å². The van der Waals surface area contributed by atoms with Crippen molar-refractivity contribution in [3.05, 3.63) is 47.7 Å². The van der Waals surface area contributed by atoms with E-state index in [0.717, 1.165) is 12.1 Å². The van der Waals surface area contributed by atoms with Crippen LogP contribution in [0.2, 0.25) is 0 Å². The molecule has 0 aromatic heterocycles. The predicted octanol–water partition coefficient (Wildman–Crippen LogP) is 2.97. The Balaban J connectivity index is 2.13. The highest BCUT2D eigenvalue weighted by Crippen LogP contribution is 2.21. The van der Waals surface area contributed by atoms with Crippen molar-refractivity contribution in [2.45, 2.75) is 26.3 Å². The topological polar surface area (TPSA) is 29.5 Å². The quantitative estimate of drug-likeness (QED) is 0.800. The van der Waals surface area contributed by atoms with E-state index < -0.39 is 0 Å². The van der Waals surface area contributed by atoms with Crippen LogP contribution in [-0.4, -0.2) is 23.6 Å². The largest absolute Gasteiger partial charge is 0.447 e. The molecule has 2 rings (SSSR count). The minimum atomic E-state index is -0.235. The van der Waals surface area contributed by atoms with Crippen LogP contribution in [0.25, 0.3) is 0 Å². The summed E-state index contributed by atoms with van der Waals surface area (Å²) in [5, 5.41) is 0. The van der Waals surface area contributed by atoms with Crippen LogP contribution in [0.15, 0.2) is 42.1 Å². The first-order valence-electron chi connectivity index (χ1n) is 5.85. The van der Waals surface area contributed by atoms with Crippen LogP contribution in [-0.2, 0) is 11.2 Å². The average molecular weight is 231 g/mol. The van der Waals surface area contributed by atoms with Gasteiger partial charge in [0, 0.05) is 5.70 Å². The first-order chi connectivity index (χ1) is 8.22. The summed E-state index contributed by atoms with van der Waals surface area (Å²) in [7, 11) is 0. The van der Waals surface area contributed by atoms with E-state index in [1.807, 2.05) is 38.1 Å². The van der Waals surface area contributed by atoms with Crippen LogP contribution in [0.1, 0.15) is 19.4 Å². The van der Waals surface area contributed by atoms with E-state index in [9.17, 15) is 4.79 Å². The Labute approximate surface area is 102 Å². The Hall–Kier alpha value is -1.77. The SMILES string of the molecule is C/C=C(\C)N1C(=O)OC[C@@H]1Cc1ccccc1. The first-order valence-corrected chi connectivity index (χ1v) is 5.85. The molecule has 3 heteroatoms. The number of carbonyl (C=O) groups excluding carboxylic acids is 1. The summed E-state index contributed by atoms with van der Waals surface area (Å²) >= 11 is 0. The maximum atomic E-state index is 11.6. The summed E-state index contributed by atoms with van der Waals surface area (Å²) in [5.41, 5.74) is 2.18. The lowest BCUT2D eigenvalue weighted by Crippen LogP contribution is -2.33. The summed E-state index contributed by atoms with van der Waals surface area (Å²) in [6.07, 6.45) is 2.53. The van der Waals surface area contributed by atoms with Gasteiger partial charge in [0.15, 0.2) is 0 Å². The number of benzene rings is 1. The maximum absolute atomic E-state index is 11.6. The molecule has 0 radical (unpaired) electrons. The van der Waals surface area contributed by atoms with Crippen molar-refractivity contribution in [1.29, 1.82) is 0 Å². The third-order valence-electron chi connectivity index (χ3n) is 3.07. The minimum Gasteiger partial charge on any atom is -0.447 e. The van der Waals surface area contributed by atoms with Crippen molar-refractivity contribution in [2.75, 3.05) is 6.61 Å². The van der Waals surface area contributed by atoms with Crippen LogP contribution in [0.4, 0.5) is 4.79 Å². The van der Waals surface area contributed by atoms with Crippen LogP contribution >= 0.6 is 0 Å². The highest BCUT2D eigenvalue weighted by atomic mass is 16.6. The lowest BCUT2D eigenvalue weighted by atomic mass is 10.1. The molecule has 1 saturated heterocycles. The van der Waals surface area contributed by atoms with E-state index in [0.29, 0.717) is 6.61 Å². The van der Waals surface area contributed by atoms with E-state index >= 15 is 0 Å². The summed E-state index contributed by atoms with van der Waals surface area (Å²) < 4.78 is 5.12. The zero-order valence-corrected chi connectivity index (χ0v) is 10.2. The highest BCUT2D eigenvalue weighted by Gasteiger charge is 2.33. The number of rotatable bonds is 3. The van der Waals surface area contributed by atoms with Crippen molar-refractivity contribution in [3.63, 3.8) is 0 Å². The zero-order valence-electron chi connectivity index (χ0n) is 10.2. The number of hydrogen-bond donors (Lipinski definition) is 0. The summed E-state index contributed by atoms with van der Waals surface area (Å²) in [6.45, 7) is 4.34. The molecule has 0 saturated carbocycles. The van der Waals surface area contributed by atoms with Gasteiger partial charge < -0.3 is 4.74 Å². The van der Waals surface area contributed by atoms with Crippen molar-refractivity contribution < 1.29 is 9.53 Å². The fraction of sp³-hybridized carbons (Fsp3) is 0.357. The lowest BCUT2D eigenvalue weighted by molar-refractivity contribution is 0.164. The molecule has 1 atom stereocenters. The molecule has 0 aliphatic carbocycles. The van der Waals surface area contributed by atoms with Crippen molar-refractivity contribution >= 4 is 6.09 Å². The number of amides is 1. The van der Waals surface area contributed by atoms with Crippen molar-refractivity contribution in [1.82, 2.24) is 4.90 Å². The van der Waals surface area contributed by atoms with Gasteiger partial charge in [0.2, 0.25) is 0 Å². The molecule has 1 amide bonds. The van der Waals surface area contributed by atoms with Gasteiger partial charge in [-0.15, -0.1) is 0 Å². The molecule has 1 heterocycles. The molecule has 0 unspecified atom stereocenters. The Kier molecular flexibility index (Phi) is 3.47. The zero-order chi connectivity index (χ0) is 12.3. The molecule has 3 nitrogen and oxygen atoms in total. The molecule has 1 fully saturated rings. The number of allylic oxidation sites excluding steroid dienone is 2. The van der Waals surface area contributed by atoms with E-state index in [-0.39, 0.29) is 12.1 Å². The molecule has 0 spiro atoms. The molecule has 0 N–H and O–H groups in total. The van der Waals surface area contributed by atoms with Gasteiger partial charge in [-0.3, -0.25) is 4.90 Å². The number of hydrogen-bond acceptors (Lipinski definition) is 2. The van der Waals surface area contributed by atoms with Crippen LogP contribution in [0.5, 0.6) is 0 Å². The fourth-order valence-electron chi connectivity index (χ4n) is 2.07. The third-order valence-corrected chi connectivity index (χ3v) is 3.07. The second-order valence-corrected chi connectivity index (χ2v) is 4.22. The second-order valence-electron chi connectivity index (χ2n) is 4.22. The monoisotopic (exact) mass is 231 g/mol. The lowest BCUT2D eigenvalue weighted by Gasteiger charge is -2.21. The summed E-state index contributed by atoms with van der Waals surface area (Å²) in [6, 6.07) is 10.3. The van der Waals surface area contributed by atoms with Crippen molar-refractivity contribution in [3.8, 4) is 0 Å². The Morgan fingerprint density at radius 3 is 2.82 bits per heavy atom. The van der Waals surface area contributed by atoms with E-state index in [4.69, 9.17) is 4.74 Å². The average Bonchev–Trinajstić information content (AvgIpc) is 2.71. The molecular formula is C14H17NO2. The maximum Gasteiger partial charge on any atom is 0.414 e. The Morgan fingerprint density at radius 1 is 1.47 bits per heavy atom. The van der Waals surface area contributed by atoms with Gasteiger partial charge in [-0.05, 0) is 25.8 Å². The highest BCUT2D eigenvalue weighted by molar-refractivity contribution is 5.72. The number of nitrogens with zero attached hydrogens (tertiary/aromatic N) is 1. The van der Waals surface area contributed by atoms with Crippen molar-refractivity contribution in [2.24, 2.45) is 0 Å². The van der Waals surface area contributed by atoms with Gasteiger partial charge in [-0.2, -0.15) is 0 Å². The molecular weight excluding hydrogens is 214 g/mol. The van der Waals surface area contributed by atoms with Gasteiger partial charge in [-0.25, -0.2) is 4.79 Å². The number of carbonyl (C=O) groups is 1. The van der Waals surface area contributed by atoms with E-state index in [2.05, 4.69) is 12.1 Å². The van der Waals surface area contributed by atoms with Gasteiger partial charge in [-0.1, -0.05) is 36.4 Å². The third kappa shape index (κ3) is 2.49. The van der Waals surface area contributed by atoms with E-state index in [1.54, 1.807) is 4.90 Å². The van der Waals surface area contributed by atoms with E-state index in [1.165, 1.54) is 5.56 Å².